The fourth-order valence-corrected chi connectivity index (χ4v) is 3.71. The van der Waals surface area contributed by atoms with Crippen molar-refractivity contribution < 1.29 is 14.3 Å². The van der Waals surface area contributed by atoms with E-state index in [2.05, 4.69) is 20.8 Å². The molecular weight excluding hydrogens is 362 g/mol. The van der Waals surface area contributed by atoms with Crippen molar-refractivity contribution in [1.82, 2.24) is 24.9 Å². The first-order valence-electron chi connectivity index (χ1n) is 9.50. The molecule has 150 valence electrons. The molecule has 10 nitrogen and oxygen atoms in total. The molecule has 4 rings (SSSR count). The molecule has 2 aromatic rings. The lowest BCUT2D eigenvalue weighted by molar-refractivity contribution is -0.118. The van der Waals surface area contributed by atoms with Crippen LogP contribution in [0.5, 0.6) is 0 Å². The van der Waals surface area contributed by atoms with Gasteiger partial charge >= 0.3 is 6.03 Å². The molecule has 0 aromatic carbocycles. The highest BCUT2D eigenvalue weighted by Gasteiger charge is 2.34. The van der Waals surface area contributed by atoms with Crippen molar-refractivity contribution in [1.29, 1.82) is 0 Å². The van der Waals surface area contributed by atoms with Gasteiger partial charge < -0.3 is 15.0 Å². The van der Waals surface area contributed by atoms with Crippen molar-refractivity contribution in [3.63, 3.8) is 0 Å². The van der Waals surface area contributed by atoms with Gasteiger partial charge in [-0.2, -0.15) is 10.2 Å². The molecule has 0 radical (unpaired) electrons. The van der Waals surface area contributed by atoms with Crippen molar-refractivity contribution >= 4 is 23.4 Å². The second kappa shape index (κ2) is 7.63. The molecule has 4 heterocycles. The van der Waals surface area contributed by atoms with Crippen molar-refractivity contribution in [3.8, 4) is 0 Å². The summed E-state index contributed by atoms with van der Waals surface area (Å²) in [6.07, 6.45) is 6.03. The quantitative estimate of drug-likeness (QED) is 0.813. The number of nitrogens with one attached hydrogen (secondary N) is 2. The van der Waals surface area contributed by atoms with E-state index in [9.17, 15) is 9.59 Å². The zero-order chi connectivity index (χ0) is 19.7. The van der Waals surface area contributed by atoms with Crippen molar-refractivity contribution in [2.24, 2.45) is 14.1 Å². The summed E-state index contributed by atoms with van der Waals surface area (Å²) in [7, 11) is 3.59. The summed E-state index contributed by atoms with van der Waals surface area (Å²) in [5.74, 6) is 0.712. The van der Waals surface area contributed by atoms with Gasteiger partial charge in [0.05, 0.1) is 24.2 Å². The van der Waals surface area contributed by atoms with E-state index in [4.69, 9.17) is 4.74 Å². The molecule has 3 amide bonds. The highest BCUT2D eigenvalue weighted by molar-refractivity contribution is 6.02. The summed E-state index contributed by atoms with van der Waals surface area (Å²) in [6, 6.07) is 0.901. The van der Waals surface area contributed by atoms with E-state index in [1.165, 1.54) is 0 Å². The Morgan fingerprint density at radius 3 is 2.89 bits per heavy atom. The number of ether oxygens (including phenoxy) is 1. The van der Waals surface area contributed by atoms with Crippen LogP contribution in [0.1, 0.15) is 30.9 Å². The van der Waals surface area contributed by atoms with Crippen LogP contribution in [-0.4, -0.2) is 57.3 Å². The van der Waals surface area contributed by atoms with Crippen LogP contribution in [0.2, 0.25) is 0 Å². The number of aryl methyl sites for hydroxylation is 2. The van der Waals surface area contributed by atoms with Crippen LogP contribution in [0.3, 0.4) is 0 Å². The molecule has 2 N–H and O–H groups in total. The SMILES string of the molecule is Cn1cc(N2CCC(NC(=O)Nc3cc(C4CCCOC4)nn3C)C2=O)cn1. The summed E-state index contributed by atoms with van der Waals surface area (Å²) in [6.45, 7) is 2.00. The summed E-state index contributed by atoms with van der Waals surface area (Å²) in [5, 5.41) is 14.2. The first-order chi connectivity index (χ1) is 13.5. The van der Waals surface area contributed by atoms with Crippen molar-refractivity contribution in [3.05, 3.63) is 24.2 Å². The number of urea groups is 1. The lowest BCUT2D eigenvalue weighted by Gasteiger charge is -2.19. The first kappa shape index (κ1) is 18.5. The van der Waals surface area contributed by atoms with Crippen LogP contribution < -0.4 is 15.5 Å². The van der Waals surface area contributed by atoms with E-state index in [-0.39, 0.29) is 11.8 Å². The van der Waals surface area contributed by atoms with E-state index < -0.39 is 12.1 Å². The van der Waals surface area contributed by atoms with E-state index in [0.29, 0.717) is 25.4 Å². The number of rotatable bonds is 4. The number of anilines is 2. The maximum Gasteiger partial charge on any atom is 0.321 e. The molecule has 28 heavy (non-hydrogen) atoms. The second-order valence-electron chi connectivity index (χ2n) is 7.29. The maximum absolute atomic E-state index is 12.6. The van der Waals surface area contributed by atoms with Crippen LogP contribution in [0.15, 0.2) is 18.5 Å². The molecule has 2 fully saturated rings. The number of hydrogen-bond donors (Lipinski definition) is 2. The van der Waals surface area contributed by atoms with Crippen molar-refractivity contribution in [2.45, 2.75) is 31.2 Å². The summed E-state index contributed by atoms with van der Waals surface area (Å²) < 4.78 is 8.81. The van der Waals surface area contributed by atoms with Gasteiger partial charge in [0.2, 0.25) is 5.91 Å². The van der Waals surface area contributed by atoms with Gasteiger partial charge in [-0.15, -0.1) is 0 Å². The lowest BCUT2D eigenvalue weighted by atomic mass is 9.99. The van der Waals surface area contributed by atoms with Gasteiger partial charge in [-0.25, -0.2) is 4.79 Å². The summed E-state index contributed by atoms with van der Waals surface area (Å²) in [5.41, 5.74) is 1.65. The Hall–Kier alpha value is -2.88. The second-order valence-corrected chi connectivity index (χ2v) is 7.29. The van der Waals surface area contributed by atoms with Crippen LogP contribution in [0.25, 0.3) is 0 Å². The molecular formula is C18H25N7O3. The molecule has 2 unspecified atom stereocenters. The highest BCUT2D eigenvalue weighted by atomic mass is 16.5. The molecule has 0 spiro atoms. The van der Waals surface area contributed by atoms with Gasteiger partial charge in [0, 0.05) is 45.4 Å². The Morgan fingerprint density at radius 2 is 2.18 bits per heavy atom. The number of hydrogen-bond acceptors (Lipinski definition) is 5. The molecule has 0 aliphatic carbocycles. The lowest BCUT2D eigenvalue weighted by Crippen LogP contribution is -2.43. The molecule has 2 aliphatic heterocycles. The molecule has 2 saturated heterocycles. The van der Waals surface area contributed by atoms with Crippen LogP contribution >= 0.6 is 0 Å². The third-order valence-corrected chi connectivity index (χ3v) is 5.23. The van der Waals surface area contributed by atoms with E-state index >= 15 is 0 Å². The number of carbonyl (C=O) groups excluding carboxylic acids is 2. The van der Waals surface area contributed by atoms with E-state index in [1.807, 2.05) is 6.07 Å². The predicted molar refractivity (Wildman–Crippen MR) is 102 cm³/mol. The van der Waals surface area contributed by atoms with Crippen LogP contribution in [-0.2, 0) is 23.6 Å². The normalized spacial score (nSPS) is 22.5. The Kier molecular flexibility index (Phi) is 5.03. The molecule has 2 aliphatic rings. The predicted octanol–water partition coefficient (Wildman–Crippen LogP) is 0.975. The number of nitrogens with zero attached hydrogens (tertiary/aromatic N) is 5. The average molecular weight is 387 g/mol. The molecule has 2 aromatic heterocycles. The smallest absolute Gasteiger partial charge is 0.321 e. The zero-order valence-electron chi connectivity index (χ0n) is 16.1. The zero-order valence-corrected chi connectivity index (χ0v) is 16.1. The van der Waals surface area contributed by atoms with Gasteiger partial charge in [-0.1, -0.05) is 0 Å². The molecule has 0 saturated carbocycles. The van der Waals surface area contributed by atoms with Gasteiger partial charge in [-0.3, -0.25) is 19.5 Å². The summed E-state index contributed by atoms with van der Waals surface area (Å²) >= 11 is 0. The standard InChI is InChI=1S/C18H25N7O3/c1-23-10-13(9-19-23)25-6-5-14(17(25)26)20-18(27)21-16-8-15(22-24(16)2)12-4-3-7-28-11-12/h8-10,12,14H,3-7,11H2,1-2H3,(H2,20,21,27). The number of carbonyl (C=O) groups is 2. The van der Waals surface area contributed by atoms with Crippen LogP contribution in [0, 0.1) is 0 Å². The number of amides is 3. The fraction of sp³-hybridized carbons (Fsp3) is 0.556. The van der Waals surface area contributed by atoms with Crippen LogP contribution in [0.4, 0.5) is 16.3 Å². The van der Waals surface area contributed by atoms with Gasteiger partial charge in [0.1, 0.15) is 11.9 Å². The molecule has 0 bridgehead atoms. The minimum Gasteiger partial charge on any atom is -0.381 e. The Bertz CT molecular complexity index is 868. The van der Waals surface area contributed by atoms with Gasteiger partial charge in [0.15, 0.2) is 0 Å². The Labute approximate surface area is 162 Å². The molecule has 2 atom stereocenters. The highest BCUT2D eigenvalue weighted by Crippen LogP contribution is 2.26. The first-order valence-corrected chi connectivity index (χ1v) is 9.50. The Balaban J connectivity index is 1.36. The van der Waals surface area contributed by atoms with E-state index in [1.54, 1.807) is 40.8 Å². The third-order valence-electron chi connectivity index (χ3n) is 5.23. The number of aromatic nitrogens is 4. The topological polar surface area (TPSA) is 106 Å². The fourth-order valence-electron chi connectivity index (χ4n) is 3.71. The molecule has 10 heteroatoms. The third kappa shape index (κ3) is 3.72. The van der Waals surface area contributed by atoms with Crippen molar-refractivity contribution in [2.75, 3.05) is 30.0 Å². The minimum absolute atomic E-state index is 0.131. The van der Waals surface area contributed by atoms with E-state index in [0.717, 1.165) is 30.8 Å². The monoisotopic (exact) mass is 387 g/mol. The average Bonchev–Trinajstić information content (AvgIpc) is 3.37. The van der Waals surface area contributed by atoms with Gasteiger partial charge in [-0.05, 0) is 19.3 Å². The van der Waals surface area contributed by atoms with Gasteiger partial charge in [0.25, 0.3) is 0 Å². The Morgan fingerprint density at radius 1 is 1.32 bits per heavy atom. The summed E-state index contributed by atoms with van der Waals surface area (Å²) in [4.78, 5) is 26.7. The largest absolute Gasteiger partial charge is 0.381 e. The maximum atomic E-state index is 12.6. The minimum atomic E-state index is -0.556.